The standard InChI is InChI=1S/C14H27N/c1-12(2,3)11-10-8-14(10,7)9-15(11)13(4,5)6/h10-11H,8-9H2,1-7H3. The second kappa shape index (κ2) is 2.80. The highest BCUT2D eigenvalue weighted by molar-refractivity contribution is 5.17. The number of hydrogen-bond acceptors (Lipinski definition) is 1. The maximum absolute atomic E-state index is 2.75. The second-order valence-corrected chi connectivity index (χ2v) is 8.07. The molecular formula is C14H27N. The Bertz CT molecular complexity index is 268. The molecule has 3 atom stereocenters. The van der Waals surface area contributed by atoms with E-state index in [1.165, 1.54) is 13.0 Å². The fourth-order valence-electron chi connectivity index (χ4n) is 3.55. The van der Waals surface area contributed by atoms with E-state index in [1.807, 2.05) is 0 Å². The Labute approximate surface area is 95.2 Å². The summed E-state index contributed by atoms with van der Waals surface area (Å²) < 4.78 is 0. The topological polar surface area (TPSA) is 3.24 Å². The zero-order valence-corrected chi connectivity index (χ0v) is 11.5. The zero-order chi connectivity index (χ0) is 11.6. The predicted molar refractivity (Wildman–Crippen MR) is 65.9 cm³/mol. The molecule has 0 N–H and O–H groups in total. The van der Waals surface area contributed by atoms with E-state index < -0.39 is 0 Å². The van der Waals surface area contributed by atoms with Gasteiger partial charge in [-0.3, -0.25) is 4.90 Å². The van der Waals surface area contributed by atoms with Crippen molar-refractivity contribution in [1.29, 1.82) is 0 Å². The van der Waals surface area contributed by atoms with Gasteiger partial charge in [-0.25, -0.2) is 0 Å². The van der Waals surface area contributed by atoms with Crippen molar-refractivity contribution in [3.8, 4) is 0 Å². The molecule has 2 fully saturated rings. The molecule has 0 aromatic heterocycles. The van der Waals surface area contributed by atoms with E-state index in [0.717, 1.165) is 12.0 Å². The maximum atomic E-state index is 2.75. The zero-order valence-electron chi connectivity index (χ0n) is 11.5. The Hall–Kier alpha value is -0.0400. The smallest absolute Gasteiger partial charge is 0.0183 e. The number of fused-ring (bicyclic) bond motifs is 1. The Morgan fingerprint density at radius 2 is 1.60 bits per heavy atom. The number of nitrogens with zero attached hydrogens (tertiary/aromatic N) is 1. The van der Waals surface area contributed by atoms with Gasteiger partial charge in [-0.15, -0.1) is 0 Å². The summed E-state index contributed by atoms with van der Waals surface area (Å²) in [4.78, 5) is 2.75. The minimum absolute atomic E-state index is 0.328. The minimum Gasteiger partial charge on any atom is -0.294 e. The molecule has 1 saturated carbocycles. The highest BCUT2D eigenvalue weighted by atomic mass is 15.3. The first kappa shape index (κ1) is 11.4. The van der Waals surface area contributed by atoms with Crippen LogP contribution in [-0.2, 0) is 0 Å². The van der Waals surface area contributed by atoms with Crippen molar-refractivity contribution >= 4 is 0 Å². The van der Waals surface area contributed by atoms with Gasteiger partial charge < -0.3 is 0 Å². The van der Waals surface area contributed by atoms with Gasteiger partial charge in [-0.1, -0.05) is 27.7 Å². The molecule has 2 aliphatic rings. The molecule has 1 aliphatic heterocycles. The van der Waals surface area contributed by atoms with Gasteiger partial charge in [0.2, 0.25) is 0 Å². The largest absolute Gasteiger partial charge is 0.294 e. The predicted octanol–water partition coefficient (Wildman–Crippen LogP) is 3.54. The van der Waals surface area contributed by atoms with Crippen LogP contribution in [0.25, 0.3) is 0 Å². The summed E-state index contributed by atoms with van der Waals surface area (Å²) in [5, 5.41) is 0. The average Bonchev–Trinajstić information content (AvgIpc) is 2.48. The normalized spacial score (nSPS) is 41.8. The van der Waals surface area contributed by atoms with Gasteiger partial charge in [-0.05, 0) is 43.9 Å². The van der Waals surface area contributed by atoms with Crippen LogP contribution in [-0.4, -0.2) is 23.0 Å². The Balaban J connectivity index is 2.26. The van der Waals surface area contributed by atoms with Gasteiger partial charge in [-0.2, -0.15) is 0 Å². The molecule has 1 saturated heterocycles. The molecule has 2 rings (SSSR count). The van der Waals surface area contributed by atoms with Crippen LogP contribution in [0, 0.1) is 16.7 Å². The monoisotopic (exact) mass is 209 g/mol. The van der Waals surface area contributed by atoms with Crippen LogP contribution in [0.5, 0.6) is 0 Å². The van der Waals surface area contributed by atoms with Crippen LogP contribution in [0.3, 0.4) is 0 Å². The van der Waals surface area contributed by atoms with Crippen molar-refractivity contribution in [3.05, 3.63) is 0 Å². The fraction of sp³-hybridized carbons (Fsp3) is 1.00. The SMILES string of the molecule is CC(C)(C)C1C2CC2(C)CN1C(C)(C)C. The van der Waals surface area contributed by atoms with E-state index >= 15 is 0 Å². The summed E-state index contributed by atoms with van der Waals surface area (Å²) in [6.07, 6.45) is 1.46. The van der Waals surface area contributed by atoms with Crippen molar-refractivity contribution in [2.24, 2.45) is 16.7 Å². The van der Waals surface area contributed by atoms with Crippen molar-refractivity contribution < 1.29 is 0 Å². The van der Waals surface area contributed by atoms with Gasteiger partial charge in [0.1, 0.15) is 0 Å². The molecule has 1 aliphatic carbocycles. The molecule has 0 aromatic rings. The summed E-state index contributed by atoms with van der Waals surface area (Å²) in [7, 11) is 0. The van der Waals surface area contributed by atoms with Crippen LogP contribution in [0.15, 0.2) is 0 Å². The van der Waals surface area contributed by atoms with Crippen LogP contribution in [0.2, 0.25) is 0 Å². The Morgan fingerprint density at radius 3 is 1.93 bits per heavy atom. The first-order valence-electron chi connectivity index (χ1n) is 6.32. The summed E-state index contributed by atoms with van der Waals surface area (Å²) in [6.45, 7) is 18.1. The maximum Gasteiger partial charge on any atom is 0.0183 e. The van der Waals surface area contributed by atoms with Crippen molar-refractivity contribution in [2.75, 3.05) is 6.54 Å². The van der Waals surface area contributed by atoms with Gasteiger partial charge in [0.05, 0.1) is 0 Å². The quantitative estimate of drug-likeness (QED) is 0.590. The van der Waals surface area contributed by atoms with Gasteiger partial charge in [0.25, 0.3) is 0 Å². The highest BCUT2D eigenvalue weighted by Crippen LogP contribution is 2.64. The van der Waals surface area contributed by atoms with Gasteiger partial charge >= 0.3 is 0 Å². The molecule has 1 nitrogen and oxygen atoms in total. The van der Waals surface area contributed by atoms with E-state index in [-0.39, 0.29) is 0 Å². The molecule has 0 spiro atoms. The Morgan fingerprint density at radius 1 is 1.07 bits per heavy atom. The van der Waals surface area contributed by atoms with E-state index in [4.69, 9.17) is 0 Å². The molecule has 1 heterocycles. The van der Waals surface area contributed by atoms with Crippen molar-refractivity contribution in [3.63, 3.8) is 0 Å². The number of rotatable bonds is 0. The number of piperidine rings is 1. The third-order valence-electron chi connectivity index (χ3n) is 4.42. The summed E-state index contributed by atoms with van der Waals surface area (Å²) >= 11 is 0. The first-order valence-corrected chi connectivity index (χ1v) is 6.32. The van der Waals surface area contributed by atoms with Crippen LogP contribution >= 0.6 is 0 Å². The average molecular weight is 209 g/mol. The van der Waals surface area contributed by atoms with E-state index in [2.05, 4.69) is 53.4 Å². The van der Waals surface area contributed by atoms with Crippen molar-refractivity contribution in [1.82, 2.24) is 4.90 Å². The van der Waals surface area contributed by atoms with E-state index in [9.17, 15) is 0 Å². The summed E-state index contributed by atoms with van der Waals surface area (Å²) in [6, 6.07) is 0.780. The number of likely N-dealkylation sites (tertiary alicyclic amines) is 1. The molecule has 88 valence electrons. The molecule has 0 radical (unpaired) electrons. The van der Waals surface area contributed by atoms with Crippen LogP contribution < -0.4 is 0 Å². The van der Waals surface area contributed by atoms with E-state index in [1.54, 1.807) is 0 Å². The molecule has 0 bridgehead atoms. The minimum atomic E-state index is 0.328. The third kappa shape index (κ3) is 1.73. The molecule has 15 heavy (non-hydrogen) atoms. The van der Waals surface area contributed by atoms with Crippen LogP contribution in [0.1, 0.15) is 54.9 Å². The molecule has 0 amide bonds. The van der Waals surface area contributed by atoms with E-state index in [0.29, 0.717) is 16.4 Å². The Kier molecular flexibility index (Phi) is 2.13. The molecule has 0 aromatic carbocycles. The lowest BCUT2D eigenvalue weighted by atomic mass is 9.81. The summed E-state index contributed by atoms with van der Waals surface area (Å²) in [5.41, 5.74) is 1.39. The lowest BCUT2D eigenvalue weighted by Crippen LogP contribution is -2.51. The van der Waals surface area contributed by atoms with Crippen molar-refractivity contribution in [2.45, 2.75) is 66.5 Å². The number of hydrogen-bond donors (Lipinski definition) is 0. The highest BCUT2D eigenvalue weighted by Gasteiger charge is 2.65. The third-order valence-corrected chi connectivity index (χ3v) is 4.42. The lowest BCUT2D eigenvalue weighted by molar-refractivity contribution is 0.0354. The molecule has 1 heteroatoms. The summed E-state index contributed by atoms with van der Waals surface area (Å²) in [5.74, 6) is 0.955. The van der Waals surface area contributed by atoms with Gasteiger partial charge in [0, 0.05) is 18.1 Å². The molecule has 3 unspecified atom stereocenters. The van der Waals surface area contributed by atoms with Gasteiger partial charge in [0.15, 0.2) is 0 Å². The molecular weight excluding hydrogens is 182 g/mol. The first-order chi connectivity index (χ1) is 6.56. The fourth-order valence-corrected chi connectivity index (χ4v) is 3.55. The second-order valence-electron chi connectivity index (χ2n) is 8.07. The lowest BCUT2D eigenvalue weighted by Gasteiger charge is -2.45. The van der Waals surface area contributed by atoms with Crippen LogP contribution in [0.4, 0.5) is 0 Å².